The average molecular weight is 325 g/mol. The highest BCUT2D eigenvalue weighted by atomic mass is 35.5. The number of sulfone groups is 1. The molecule has 118 valence electrons. The summed E-state index contributed by atoms with van der Waals surface area (Å²) < 4.78 is 22.7. The molecule has 1 unspecified atom stereocenters. The molecule has 0 saturated heterocycles. The number of hydrogen-bond donors (Lipinski definition) is 1. The van der Waals surface area contributed by atoms with E-state index < -0.39 is 9.84 Å². The van der Waals surface area contributed by atoms with Gasteiger partial charge in [-0.25, -0.2) is 8.42 Å². The molecule has 0 aromatic rings. The third kappa shape index (κ3) is 5.97. The van der Waals surface area contributed by atoms with Crippen molar-refractivity contribution in [2.24, 2.45) is 5.92 Å². The van der Waals surface area contributed by atoms with Crippen molar-refractivity contribution in [3.8, 4) is 0 Å². The van der Waals surface area contributed by atoms with Crippen LogP contribution >= 0.6 is 12.4 Å². The highest BCUT2D eigenvalue weighted by Crippen LogP contribution is 2.29. The molecule has 0 aliphatic heterocycles. The van der Waals surface area contributed by atoms with Gasteiger partial charge in [0.2, 0.25) is 5.91 Å². The van der Waals surface area contributed by atoms with E-state index in [0.29, 0.717) is 6.54 Å². The van der Waals surface area contributed by atoms with Crippen LogP contribution in [-0.4, -0.2) is 56.4 Å². The zero-order valence-corrected chi connectivity index (χ0v) is 13.8. The van der Waals surface area contributed by atoms with Crippen molar-refractivity contribution >= 4 is 28.2 Å². The van der Waals surface area contributed by atoms with Crippen LogP contribution in [0.4, 0.5) is 0 Å². The van der Waals surface area contributed by atoms with Gasteiger partial charge in [0.15, 0.2) is 0 Å². The van der Waals surface area contributed by atoms with Crippen LogP contribution in [0.1, 0.15) is 32.6 Å². The van der Waals surface area contributed by atoms with Crippen LogP contribution in [0.3, 0.4) is 0 Å². The third-order valence-electron chi connectivity index (χ3n) is 3.65. The SMILES string of the molecule is CC(CS(C)(=O)=O)N(C(=O)CNCC1CC1)C1CC1.Cl. The van der Waals surface area contributed by atoms with E-state index in [4.69, 9.17) is 0 Å². The first-order valence-electron chi connectivity index (χ1n) is 7.06. The molecule has 0 aromatic heterocycles. The molecule has 2 aliphatic carbocycles. The number of carbonyl (C=O) groups is 1. The normalized spacial score (nSPS) is 20.1. The number of nitrogens with one attached hydrogen (secondary N) is 1. The molecule has 0 bridgehead atoms. The molecule has 2 aliphatic rings. The predicted octanol–water partition coefficient (Wildman–Crippen LogP) is 0.832. The maximum Gasteiger partial charge on any atom is 0.237 e. The Bertz CT molecular complexity index is 433. The summed E-state index contributed by atoms with van der Waals surface area (Å²) in [6, 6.07) is 0.0321. The van der Waals surface area contributed by atoms with E-state index in [-0.39, 0.29) is 36.2 Å². The molecular formula is C13H25ClN2O3S. The van der Waals surface area contributed by atoms with Gasteiger partial charge in [0.05, 0.1) is 12.3 Å². The molecule has 0 radical (unpaired) electrons. The summed E-state index contributed by atoms with van der Waals surface area (Å²) in [5, 5.41) is 3.19. The molecule has 5 nitrogen and oxygen atoms in total. The van der Waals surface area contributed by atoms with Crippen LogP contribution in [-0.2, 0) is 14.6 Å². The lowest BCUT2D eigenvalue weighted by atomic mass is 10.3. The second-order valence-corrected chi connectivity index (χ2v) is 8.23. The van der Waals surface area contributed by atoms with Crippen LogP contribution in [0.5, 0.6) is 0 Å². The van der Waals surface area contributed by atoms with Crippen molar-refractivity contribution in [2.75, 3.05) is 25.1 Å². The fraction of sp³-hybridized carbons (Fsp3) is 0.923. The van der Waals surface area contributed by atoms with E-state index in [2.05, 4.69) is 5.32 Å². The van der Waals surface area contributed by atoms with E-state index in [1.54, 1.807) is 4.90 Å². The Balaban J connectivity index is 0.00000200. The first-order valence-corrected chi connectivity index (χ1v) is 9.12. The quantitative estimate of drug-likeness (QED) is 0.718. The van der Waals surface area contributed by atoms with Gasteiger partial charge in [-0.2, -0.15) is 0 Å². The zero-order valence-electron chi connectivity index (χ0n) is 12.2. The Morgan fingerprint density at radius 2 is 1.90 bits per heavy atom. The summed E-state index contributed by atoms with van der Waals surface area (Å²) in [6.07, 6.45) is 5.76. The number of nitrogens with zero attached hydrogens (tertiary/aromatic N) is 1. The molecule has 1 atom stereocenters. The Morgan fingerprint density at radius 1 is 1.30 bits per heavy atom. The molecule has 2 saturated carbocycles. The molecule has 7 heteroatoms. The average Bonchev–Trinajstić information content (AvgIpc) is 3.09. The Labute approximate surface area is 127 Å². The molecule has 2 fully saturated rings. The molecule has 20 heavy (non-hydrogen) atoms. The van der Waals surface area contributed by atoms with Crippen LogP contribution in [0.15, 0.2) is 0 Å². The van der Waals surface area contributed by atoms with Crippen LogP contribution < -0.4 is 5.32 Å². The standard InChI is InChI=1S/C13H24N2O3S.ClH/c1-10(9-19(2,17)18)15(12-5-6-12)13(16)8-14-7-11-3-4-11;/h10-12,14H,3-9H2,1-2H3;1H. The maximum absolute atomic E-state index is 12.2. The molecule has 0 heterocycles. The fourth-order valence-corrected chi connectivity index (χ4v) is 3.51. The van der Waals surface area contributed by atoms with Gasteiger partial charge in [-0.3, -0.25) is 4.79 Å². The van der Waals surface area contributed by atoms with Crippen molar-refractivity contribution in [1.82, 2.24) is 10.2 Å². The lowest BCUT2D eigenvalue weighted by molar-refractivity contribution is -0.132. The number of rotatable bonds is 8. The lowest BCUT2D eigenvalue weighted by Gasteiger charge is -2.29. The first-order chi connectivity index (χ1) is 8.87. The van der Waals surface area contributed by atoms with Crippen molar-refractivity contribution in [2.45, 2.75) is 44.7 Å². The summed E-state index contributed by atoms with van der Waals surface area (Å²) in [4.78, 5) is 14.0. The van der Waals surface area contributed by atoms with Crippen LogP contribution in [0.25, 0.3) is 0 Å². The van der Waals surface area contributed by atoms with Crippen molar-refractivity contribution in [1.29, 1.82) is 0 Å². The van der Waals surface area contributed by atoms with E-state index >= 15 is 0 Å². The van der Waals surface area contributed by atoms with Crippen molar-refractivity contribution < 1.29 is 13.2 Å². The second kappa shape index (κ2) is 7.09. The van der Waals surface area contributed by atoms with Gasteiger partial charge in [0.1, 0.15) is 9.84 Å². The summed E-state index contributed by atoms with van der Waals surface area (Å²) >= 11 is 0. The van der Waals surface area contributed by atoms with Crippen LogP contribution in [0, 0.1) is 5.92 Å². The smallest absolute Gasteiger partial charge is 0.237 e. The van der Waals surface area contributed by atoms with Crippen molar-refractivity contribution in [3.63, 3.8) is 0 Å². The molecular weight excluding hydrogens is 300 g/mol. The summed E-state index contributed by atoms with van der Waals surface area (Å²) in [5.74, 6) is 0.840. The van der Waals surface area contributed by atoms with Crippen molar-refractivity contribution in [3.05, 3.63) is 0 Å². The van der Waals surface area contributed by atoms with Gasteiger partial charge >= 0.3 is 0 Å². The van der Waals surface area contributed by atoms with E-state index in [1.807, 2.05) is 6.92 Å². The Hall–Kier alpha value is -0.330. The minimum absolute atomic E-state index is 0. The second-order valence-electron chi connectivity index (χ2n) is 6.05. The van der Waals surface area contributed by atoms with Gasteiger partial charge in [-0.1, -0.05) is 0 Å². The van der Waals surface area contributed by atoms with E-state index in [0.717, 1.165) is 25.3 Å². The topological polar surface area (TPSA) is 66.5 Å². The third-order valence-corrected chi connectivity index (χ3v) is 4.74. The first kappa shape index (κ1) is 17.7. The number of amides is 1. The fourth-order valence-electron chi connectivity index (χ4n) is 2.48. The zero-order chi connectivity index (χ0) is 14.0. The number of carbonyl (C=O) groups excluding carboxylic acids is 1. The largest absolute Gasteiger partial charge is 0.335 e. The van der Waals surface area contributed by atoms with Crippen LogP contribution in [0.2, 0.25) is 0 Å². The molecule has 0 spiro atoms. The lowest BCUT2D eigenvalue weighted by Crippen LogP contribution is -2.47. The minimum atomic E-state index is -3.05. The molecule has 0 aromatic carbocycles. The molecule has 2 rings (SSSR count). The van der Waals surface area contributed by atoms with Gasteiger partial charge in [0, 0.05) is 18.3 Å². The Kier molecular flexibility index (Phi) is 6.28. The summed E-state index contributed by atoms with van der Waals surface area (Å²) in [7, 11) is -3.05. The van der Waals surface area contributed by atoms with Gasteiger partial charge in [0.25, 0.3) is 0 Å². The highest BCUT2D eigenvalue weighted by molar-refractivity contribution is 7.90. The number of halogens is 1. The predicted molar refractivity (Wildman–Crippen MR) is 81.9 cm³/mol. The van der Waals surface area contributed by atoms with Gasteiger partial charge in [-0.05, 0) is 45.1 Å². The monoisotopic (exact) mass is 324 g/mol. The van der Waals surface area contributed by atoms with E-state index in [9.17, 15) is 13.2 Å². The molecule has 1 amide bonds. The van der Waals surface area contributed by atoms with Gasteiger partial charge in [-0.15, -0.1) is 12.4 Å². The Morgan fingerprint density at radius 3 is 2.35 bits per heavy atom. The minimum Gasteiger partial charge on any atom is -0.335 e. The summed E-state index contributed by atoms with van der Waals surface area (Å²) in [6.45, 7) is 3.07. The molecule has 1 N–H and O–H groups in total. The van der Waals surface area contributed by atoms with Gasteiger partial charge < -0.3 is 10.2 Å². The maximum atomic E-state index is 12.2. The summed E-state index contributed by atoms with van der Waals surface area (Å²) in [5.41, 5.74) is 0. The van der Waals surface area contributed by atoms with E-state index in [1.165, 1.54) is 19.1 Å². The highest BCUT2D eigenvalue weighted by Gasteiger charge is 2.36. The number of hydrogen-bond acceptors (Lipinski definition) is 4.